The van der Waals surface area contributed by atoms with Crippen molar-refractivity contribution in [3.05, 3.63) is 0 Å². The summed E-state index contributed by atoms with van der Waals surface area (Å²) in [6, 6.07) is 0. The monoisotopic (exact) mass is 160 g/mol. The molecule has 2 nitrogen and oxygen atoms in total. The molecule has 0 spiro atoms. The average Bonchev–Trinajstić information content (AvgIpc) is 1.60. The van der Waals surface area contributed by atoms with E-state index in [-0.39, 0.29) is 4.75 Å². The van der Waals surface area contributed by atoms with Crippen molar-refractivity contribution in [2.24, 2.45) is 5.10 Å². The maximum Gasteiger partial charge on any atom is 0.154 e. The maximum absolute atomic E-state index is 4.89. The molecule has 0 bridgehead atoms. The summed E-state index contributed by atoms with van der Waals surface area (Å²) < 4.78 is 0.824. The van der Waals surface area contributed by atoms with Crippen LogP contribution in [0.1, 0.15) is 13.8 Å². The largest absolute Gasteiger partial charge is 0.263 e. The van der Waals surface area contributed by atoms with E-state index in [2.05, 4.69) is 24.4 Å². The number of rotatable bonds is 0. The lowest BCUT2D eigenvalue weighted by molar-refractivity contribution is 0.931. The Morgan fingerprint density at radius 2 is 2.44 bits per heavy atom. The van der Waals surface area contributed by atoms with Crippen LogP contribution in [0.4, 0.5) is 0 Å². The quantitative estimate of drug-likeness (QED) is 0.542. The number of hydrogen-bond donors (Lipinski definition) is 1. The van der Waals surface area contributed by atoms with Crippen LogP contribution in [0.3, 0.4) is 0 Å². The molecule has 0 atom stereocenters. The van der Waals surface area contributed by atoms with Crippen LogP contribution < -0.4 is 5.43 Å². The standard InChI is InChI=1S/C5H8N2S2/c1-5(2)3-6-7-4(8)9-5/h3H,1-2H3,(H,7,8). The molecule has 1 aliphatic heterocycles. The van der Waals surface area contributed by atoms with E-state index in [1.165, 1.54) is 0 Å². The smallest absolute Gasteiger partial charge is 0.154 e. The molecule has 0 unspecified atom stereocenters. The van der Waals surface area contributed by atoms with Gasteiger partial charge in [-0.2, -0.15) is 5.10 Å². The van der Waals surface area contributed by atoms with Crippen LogP contribution in [-0.2, 0) is 0 Å². The summed E-state index contributed by atoms with van der Waals surface area (Å²) >= 11 is 6.51. The second-order valence-electron chi connectivity index (χ2n) is 2.36. The van der Waals surface area contributed by atoms with Gasteiger partial charge in [0.2, 0.25) is 0 Å². The zero-order chi connectivity index (χ0) is 6.91. The van der Waals surface area contributed by atoms with Crippen molar-refractivity contribution in [1.29, 1.82) is 0 Å². The number of nitrogens with zero attached hydrogens (tertiary/aromatic N) is 1. The third-order valence-corrected chi connectivity index (χ3v) is 2.14. The molecule has 0 radical (unpaired) electrons. The van der Waals surface area contributed by atoms with Crippen molar-refractivity contribution in [1.82, 2.24) is 5.43 Å². The number of hydrogen-bond acceptors (Lipinski definition) is 3. The van der Waals surface area contributed by atoms with Crippen molar-refractivity contribution in [3.8, 4) is 0 Å². The van der Waals surface area contributed by atoms with Crippen LogP contribution in [0.15, 0.2) is 5.10 Å². The van der Waals surface area contributed by atoms with Crippen molar-refractivity contribution in [2.75, 3.05) is 0 Å². The van der Waals surface area contributed by atoms with Crippen LogP contribution >= 0.6 is 24.0 Å². The SMILES string of the molecule is CC1(C)C=NNC(=S)S1. The van der Waals surface area contributed by atoms with Crippen LogP contribution in [0.5, 0.6) is 0 Å². The van der Waals surface area contributed by atoms with E-state index in [0.29, 0.717) is 0 Å². The van der Waals surface area contributed by atoms with Gasteiger partial charge in [-0.3, -0.25) is 5.43 Å². The predicted molar refractivity (Wildman–Crippen MR) is 45.9 cm³/mol. The molecular weight excluding hydrogens is 152 g/mol. The summed E-state index contributed by atoms with van der Waals surface area (Å²) in [5.41, 5.74) is 2.70. The molecular formula is C5H8N2S2. The molecule has 1 heterocycles. The number of thioether (sulfide) groups is 1. The predicted octanol–water partition coefficient (Wildman–Crippen LogP) is 1.37. The first kappa shape index (κ1) is 7.02. The number of hydrazone groups is 1. The molecule has 0 aromatic heterocycles. The highest BCUT2D eigenvalue weighted by Gasteiger charge is 2.21. The Bertz CT molecular complexity index is 162. The zero-order valence-electron chi connectivity index (χ0n) is 5.34. The van der Waals surface area contributed by atoms with E-state index < -0.39 is 0 Å². The number of nitrogens with one attached hydrogen (secondary N) is 1. The fraction of sp³-hybridized carbons (Fsp3) is 0.600. The fourth-order valence-electron chi connectivity index (χ4n) is 0.529. The number of thiocarbonyl (C=S) groups is 1. The summed E-state index contributed by atoms with van der Waals surface area (Å²) in [4.78, 5) is 0. The molecule has 0 saturated carbocycles. The minimum absolute atomic E-state index is 0.0718. The van der Waals surface area contributed by atoms with E-state index in [0.717, 1.165) is 4.32 Å². The Labute approximate surface area is 64.1 Å². The second kappa shape index (κ2) is 2.27. The van der Waals surface area contributed by atoms with Gasteiger partial charge >= 0.3 is 0 Å². The summed E-state index contributed by atoms with van der Waals surface area (Å²) in [7, 11) is 0. The van der Waals surface area contributed by atoms with Gasteiger partial charge in [0.05, 0.1) is 4.75 Å². The van der Waals surface area contributed by atoms with Gasteiger partial charge in [0.1, 0.15) is 0 Å². The molecule has 50 valence electrons. The molecule has 0 aromatic carbocycles. The molecule has 1 aliphatic rings. The topological polar surface area (TPSA) is 24.4 Å². The second-order valence-corrected chi connectivity index (χ2v) is 4.69. The van der Waals surface area contributed by atoms with E-state index in [1.807, 2.05) is 6.21 Å². The lowest BCUT2D eigenvalue weighted by Crippen LogP contribution is -2.30. The van der Waals surface area contributed by atoms with E-state index >= 15 is 0 Å². The van der Waals surface area contributed by atoms with E-state index in [9.17, 15) is 0 Å². The first-order chi connectivity index (χ1) is 4.10. The van der Waals surface area contributed by atoms with Gasteiger partial charge in [-0.1, -0.05) is 24.0 Å². The van der Waals surface area contributed by atoms with Crippen LogP contribution in [-0.4, -0.2) is 15.3 Å². The summed E-state index contributed by atoms with van der Waals surface area (Å²) in [5, 5.41) is 3.87. The van der Waals surface area contributed by atoms with Crippen molar-refractivity contribution < 1.29 is 0 Å². The van der Waals surface area contributed by atoms with Crippen molar-refractivity contribution in [2.45, 2.75) is 18.6 Å². The normalized spacial score (nSPS) is 23.6. The van der Waals surface area contributed by atoms with Gasteiger partial charge in [-0.25, -0.2) is 0 Å². The lowest BCUT2D eigenvalue weighted by Gasteiger charge is -2.22. The third-order valence-electron chi connectivity index (χ3n) is 0.887. The molecule has 0 fully saturated rings. The molecule has 0 saturated heterocycles. The summed E-state index contributed by atoms with van der Waals surface area (Å²) in [6.45, 7) is 4.16. The summed E-state index contributed by atoms with van der Waals surface area (Å²) in [5.74, 6) is 0. The Kier molecular flexibility index (Phi) is 1.77. The Morgan fingerprint density at radius 1 is 1.78 bits per heavy atom. The van der Waals surface area contributed by atoms with Gasteiger partial charge in [0, 0.05) is 6.21 Å². The van der Waals surface area contributed by atoms with Gasteiger partial charge in [0.25, 0.3) is 0 Å². The Morgan fingerprint density at radius 3 is 2.78 bits per heavy atom. The van der Waals surface area contributed by atoms with Gasteiger partial charge in [-0.05, 0) is 13.8 Å². The highest BCUT2D eigenvalue weighted by Crippen LogP contribution is 2.24. The minimum Gasteiger partial charge on any atom is -0.263 e. The highest BCUT2D eigenvalue weighted by molar-refractivity contribution is 8.24. The third kappa shape index (κ3) is 1.95. The molecule has 0 amide bonds. The molecule has 1 N–H and O–H groups in total. The first-order valence-corrected chi connectivity index (χ1v) is 3.86. The van der Waals surface area contributed by atoms with Gasteiger partial charge in [-0.15, -0.1) is 0 Å². The lowest BCUT2D eigenvalue weighted by atomic mass is 10.2. The van der Waals surface area contributed by atoms with E-state index in [4.69, 9.17) is 12.2 Å². The van der Waals surface area contributed by atoms with Crippen molar-refractivity contribution >= 4 is 34.5 Å². The fourth-order valence-corrected chi connectivity index (χ4v) is 1.91. The van der Waals surface area contributed by atoms with E-state index in [1.54, 1.807) is 11.8 Å². The van der Waals surface area contributed by atoms with Crippen LogP contribution in [0, 0.1) is 0 Å². The van der Waals surface area contributed by atoms with Gasteiger partial charge < -0.3 is 0 Å². The highest BCUT2D eigenvalue weighted by atomic mass is 32.2. The Balaban J connectivity index is 2.71. The van der Waals surface area contributed by atoms with Gasteiger partial charge in [0.15, 0.2) is 4.32 Å². The van der Waals surface area contributed by atoms with Crippen LogP contribution in [0.2, 0.25) is 0 Å². The molecule has 0 aliphatic carbocycles. The average molecular weight is 160 g/mol. The maximum atomic E-state index is 4.89. The Hall–Kier alpha value is -0.0900. The molecule has 1 rings (SSSR count). The molecule has 9 heavy (non-hydrogen) atoms. The minimum atomic E-state index is 0.0718. The zero-order valence-corrected chi connectivity index (χ0v) is 6.97. The summed E-state index contributed by atoms with van der Waals surface area (Å²) in [6.07, 6.45) is 1.85. The molecule has 4 heteroatoms. The molecule has 0 aromatic rings. The van der Waals surface area contributed by atoms with Crippen molar-refractivity contribution in [3.63, 3.8) is 0 Å². The van der Waals surface area contributed by atoms with Crippen LogP contribution in [0.25, 0.3) is 0 Å². The first-order valence-electron chi connectivity index (χ1n) is 2.63.